The number of fused-ring (bicyclic) bond motifs is 1. The topological polar surface area (TPSA) is 56.8 Å². The van der Waals surface area contributed by atoms with Gasteiger partial charge in [0.15, 0.2) is 11.5 Å². The van der Waals surface area contributed by atoms with Crippen molar-refractivity contribution in [2.75, 3.05) is 25.1 Å². The van der Waals surface area contributed by atoms with Crippen LogP contribution in [0.15, 0.2) is 12.1 Å². The Morgan fingerprint density at radius 3 is 2.63 bits per heavy atom. The van der Waals surface area contributed by atoms with Crippen LogP contribution in [0.3, 0.4) is 0 Å². The van der Waals surface area contributed by atoms with E-state index < -0.39 is 0 Å². The summed E-state index contributed by atoms with van der Waals surface area (Å²) in [5.74, 6) is 1.03. The molecule has 1 N–H and O–H groups in total. The van der Waals surface area contributed by atoms with Gasteiger partial charge in [-0.25, -0.2) is 0 Å². The summed E-state index contributed by atoms with van der Waals surface area (Å²) in [6.07, 6.45) is 1.27. The van der Waals surface area contributed by atoms with Crippen LogP contribution >= 0.6 is 11.6 Å². The van der Waals surface area contributed by atoms with Crippen molar-refractivity contribution in [3.63, 3.8) is 0 Å². The number of anilines is 1. The quantitative estimate of drug-likeness (QED) is 0.904. The van der Waals surface area contributed by atoms with Crippen LogP contribution in [0.1, 0.15) is 12.8 Å². The zero-order valence-corrected chi connectivity index (χ0v) is 11.0. The Kier molecular flexibility index (Phi) is 3.48. The summed E-state index contributed by atoms with van der Waals surface area (Å²) in [4.78, 5) is 12.0. The molecule has 1 saturated heterocycles. The first-order chi connectivity index (χ1) is 9.24. The van der Waals surface area contributed by atoms with Gasteiger partial charge < -0.3 is 19.5 Å². The molecule has 0 radical (unpaired) electrons. The molecule has 1 aromatic carbocycles. The molecule has 2 aliphatic rings. The molecule has 102 valence electrons. The molecule has 19 heavy (non-hydrogen) atoms. The van der Waals surface area contributed by atoms with Crippen LogP contribution in [0.2, 0.25) is 5.02 Å². The van der Waals surface area contributed by atoms with Gasteiger partial charge >= 0.3 is 0 Å². The highest BCUT2D eigenvalue weighted by molar-refractivity contribution is 6.34. The van der Waals surface area contributed by atoms with E-state index in [-0.39, 0.29) is 12.0 Å². The van der Waals surface area contributed by atoms with Gasteiger partial charge in [0.2, 0.25) is 0 Å². The van der Waals surface area contributed by atoms with Crippen molar-refractivity contribution in [3.8, 4) is 11.5 Å². The third kappa shape index (κ3) is 2.62. The van der Waals surface area contributed by atoms with Crippen LogP contribution in [0.5, 0.6) is 11.5 Å². The van der Waals surface area contributed by atoms with Gasteiger partial charge in [-0.2, -0.15) is 0 Å². The maximum atomic E-state index is 12.0. The van der Waals surface area contributed by atoms with Crippen molar-refractivity contribution in [2.45, 2.75) is 18.9 Å². The van der Waals surface area contributed by atoms with E-state index in [1.165, 1.54) is 0 Å². The highest BCUT2D eigenvalue weighted by Crippen LogP contribution is 2.38. The maximum absolute atomic E-state index is 12.0. The second kappa shape index (κ2) is 5.27. The van der Waals surface area contributed by atoms with E-state index in [1.807, 2.05) is 0 Å². The second-order valence-electron chi connectivity index (χ2n) is 4.47. The third-order valence-electron chi connectivity index (χ3n) is 3.11. The van der Waals surface area contributed by atoms with Crippen LogP contribution < -0.4 is 14.8 Å². The number of amides is 1. The molecule has 0 saturated carbocycles. The molecule has 1 aromatic rings. The molecular formula is C13H14ClNO4. The summed E-state index contributed by atoms with van der Waals surface area (Å²) in [5, 5.41) is 3.20. The minimum atomic E-state index is -0.385. The summed E-state index contributed by atoms with van der Waals surface area (Å²) in [6.45, 7) is 1.63. The van der Waals surface area contributed by atoms with E-state index >= 15 is 0 Å². The molecule has 0 aromatic heterocycles. The SMILES string of the molecule is O=C(Nc1cc2c(cc1Cl)OCCO2)C1CCCO1. The first-order valence-electron chi connectivity index (χ1n) is 6.25. The number of rotatable bonds is 2. The lowest BCUT2D eigenvalue weighted by Gasteiger charge is -2.20. The molecule has 2 aliphatic heterocycles. The van der Waals surface area contributed by atoms with Crippen molar-refractivity contribution in [2.24, 2.45) is 0 Å². The summed E-state index contributed by atoms with van der Waals surface area (Å²) in [7, 11) is 0. The number of carbonyl (C=O) groups excluding carboxylic acids is 1. The van der Waals surface area contributed by atoms with Gasteiger partial charge in [0.05, 0.1) is 10.7 Å². The van der Waals surface area contributed by atoms with E-state index in [9.17, 15) is 4.79 Å². The molecule has 5 nitrogen and oxygen atoms in total. The predicted molar refractivity (Wildman–Crippen MR) is 70.0 cm³/mol. The van der Waals surface area contributed by atoms with Gasteiger partial charge in [-0.1, -0.05) is 11.6 Å². The fourth-order valence-electron chi connectivity index (χ4n) is 2.16. The molecule has 1 atom stereocenters. The van der Waals surface area contributed by atoms with Gasteiger partial charge in [-0.15, -0.1) is 0 Å². The third-order valence-corrected chi connectivity index (χ3v) is 3.42. The molecular weight excluding hydrogens is 270 g/mol. The average molecular weight is 284 g/mol. The molecule has 0 aliphatic carbocycles. The Morgan fingerprint density at radius 1 is 1.21 bits per heavy atom. The molecule has 0 bridgehead atoms. The fraction of sp³-hybridized carbons (Fsp3) is 0.462. The number of hydrogen-bond acceptors (Lipinski definition) is 4. The molecule has 3 rings (SSSR count). The van der Waals surface area contributed by atoms with Gasteiger partial charge in [-0.05, 0) is 12.8 Å². The van der Waals surface area contributed by atoms with Crippen molar-refractivity contribution in [3.05, 3.63) is 17.2 Å². The smallest absolute Gasteiger partial charge is 0.253 e. The molecule has 1 fully saturated rings. The van der Waals surface area contributed by atoms with Gasteiger partial charge in [0, 0.05) is 18.7 Å². The Morgan fingerprint density at radius 2 is 1.95 bits per heavy atom. The lowest BCUT2D eigenvalue weighted by atomic mass is 10.2. The maximum Gasteiger partial charge on any atom is 0.253 e. The first kappa shape index (κ1) is 12.6. The number of carbonyl (C=O) groups is 1. The lowest BCUT2D eigenvalue weighted by Crippen LogP contribution is -2.27. The molecule has 1 unspecified atom stereocenters. The van der Waals surface area contributed by atoms with Crippen molar-refractivity contribution >= 4 is 23.2 Å². The van der Waals surface area contributed by atoms with E-state index in [2.05, 4.69) is 5.32 Å². The second-order valence-corrected chi connectivity index (χ2v) is 4.87. The van der Waals surface area contributed by atoms with Crippen LogP contribution in [0.4, 0.5) is 5.69 Å². The number of nitrogens with one attached hydrogen (secondary N) is 1. The largest absolute Gasteiger partial charge is 0.486 e. The average Bonchev–Trinajstić information content (AvgIpc) is 2.93. The Bertz CT molecular complexity index is 500. The number of hydrogen-bond donors (Lipinski definition) is 1. The van der Waals surface area contributed by atoms with E-state index in [0.29, 0.717) is 42.0 Å². The Balaban J connectivity index is 1.78. The van der Waals surface area contributed by atoms with Crippen LogP contribution in [0.25, 0.3) is 0 Å². The van der Waals surface area contributed by atoms with Gasteiger partial charge in [0.1, 0.15) is 19.3 Å². The summed E-state index contributed by atoms with van der Waals surface area (Å²) < 4.78 is 16.2. The molecule has 6 heteroatoms. The summed E-state index contributed by atoms with van der Waals surface area (Å²) in [6, 6.07) is 3.34. The Hall–Kier alpha value is -1.46. The van der Waals surface area contributed by atoms with E-state index in [0.717, 1.165) is 12.8 Å². The highest BCUT2D eigenvalue weighted by atomic mass is 35.5. The first-order valence-corrected chi connectivity index (χ1v) is 6.63. The fourth-order valence-corrected chi connectivity index (χ4v) is 2.36. The molecule has 2 heterocycles. The molecule has 1 amide bonds. The lowest BCUT2D eigenvalue weighted by molar-refractivity contribution is -0.124. The van der Waals surface area contributed by atoms with E-state index in [1.54, 1.807) is 12.1 Å². The van der Waals surface area contributed by atoms with Crippen molar-refractivity contribution < 1.29 is 19.0 Å². The normalized spacial score (nSPS) is 21.2. The zero-order chi connectivity index (χ0) is 13.2. The van der Waals surface area contributed by atoms with Crippen molar-refractivity contribution in [1.29, 1.82) is 0 Å². The van der Waals surface area contributed by atoms with Crippen LogP contribution in [-0.2, 0) is 9.53 Å². The highest BCUT2D eigenvalue weighted by Gasteiger charge is 2.25. The Labute approximate surface area is 115 Å². The summed E-state index contributed by atoms with van der Waals surface area (Å²) in [5.41, 5.74) is 0.520. The predicted octanol–water partition coefficient (Wildman–Crippen LogP) is 2.23. The van der Waals surface area contributed by atoms with E-state index in [4.69, 9.17) is 25.8 Å². The van der Waals surface area contributed by atoms with Crippen molar-refractivity contribution in [1.82, 2.24) is 0 Å². The monoisotopic (exact) mass is 283 g/mol. The number of benzene rings is 1. The minimum Gasteiger partial charge on any atom is -0.486 e. The number of ether oxygens (including phenoxy) is 3. The number of halogens is 1. The standard InChI is InChI=1S/C13H14ClNO4/c14-8-6-11-12(19-5-4-18-11)7-9(8)15-13(16)10-2-1-3-17-10/h6-7,10H,1-5H2,(H,15,16). The zero-order valence-electron chi connectivity index (χ0n) is 10.3. The van der Waals surface area contributed by atoms with Crippen LogP contribution in [0, 0.1) is 0 Å². The minimum absolute atomic E-state index is 0.170. The van der Waals surface area contributed by atoms with Gasteiger partial charge in [-0.3, -0.25) is 4.79 Å². The van der Waals surface area contributed by atoms with Gasteiger partial charge in [0.25, 0.3) is 5.91 Å². The summed E-state index contributed by atoms with van der Waals surface area (Å²) >= 11 is 6.12. The molecule has 0 spiro atoms. The van der Waals surface area contributed by atoms with Crippen LogP contribution in [-0.4, -0.2) is 31.8 Å².